The Bertz CT molecular complexity index is 1090. The molecule has 2 saturated heterocycles. The minimum atomic E-state index is 0.135. The van der Waals surface area contributed by atoms with Gasteiger partial charge in [-0.2, -0.15) is 5.10 Å². The van der Waals surface area contributed by atoms with Gasteiger partial charge in [0.2, 0.25) is 5.91 Å². The number of ether oxygens (including phenoxy) is 1. The van der Waals surface area contributed by atoms with Crippen molar-refractivity contribution in [2.75, 3.05) is 31.6 Å². The van der Waals surface area contributed by atoms with Crippen molar-refractivity contribution in [2.24, 2.45) is 5.92 Å². The van der Waals surface area contributed by atoms with E-state index < -0.39 is 0 Å². The Kier molecular flexibility index (Phi) is 5.24. The number of fused-ring (bicyclic) bond motifs is 3. The van der Waals surface area contributed by atoms with Gasteiger partial charge in [-0.05, 0) is 45.1 Å². The number of nitrogens with one attached hydrogen (secondary N) is 1. The first-order valence-corrected chi connectivity index (χ1v) is 11.4. The maximum atomic E-state index is 12.8. The molecule has 3 aromatic heterocycles. The molecule has 3 aromatic rings. The molecule has 9 heteroatoms. The smallest absolute Gasteiger partial charge is 0.225 e. The van der Waals surface area contributed by atoms with Crippen LogP contribution in [0.5, 0.6) is 0 Å². The first-order chi connectivity index (χ1) is 14.6. The van der Waals surface area contributed by atoms with Crippen LogP contribution >= 0.6 is 11.3 Å². The molecule has 2 aliphatic rings. The molecule has 5 rings (SSSR count). The number of aromatic nitrogens is 4. The number of carbonyl (C=O) groups is 1. The number of hydrogen-bond acceptors (Lipinski definition) is 8. The van der Waals surface area contributed by atoms with E-state index >= 15 is 0 Å². The highest BCUT2D eigenvalue weighted by Crippen LogP contribution is 2.37. The molecule has 158 valence electrons. The number of nitrogens with zero attached hydrogens (tertiary/aromatic N) is 5. The minimum Gasteiger partial charge on any atom is -0.381 e. The highest BCUT2D eigenvalue weighted by Gasteiger charge is 2.29. The summed E-state index contributed by atoms with van der Waals surface area (Å²) in [5.74, 6) is 1.29. The lowest BCUT2D eigenvalue weighted by atomic mass is 9.96. The lowest BCUT2D eigenvalue weighted by Gasteiger charge is -2.35. The van der Waals surface area contributed by atoms with E-state index in [-0.39, 0.29) is 5.92 Å². The van der Waals surface area contributed by atoms with E-state index in [9.17, 15) is 4.79 Å². The van der Waals surface area contributed by atoms with Gasteiger partial charge in [0.15, 0.2) is 0 Å². The summed E-state index contributed by atoms with van der Waals surface area (Å²) in [7, 11) is 0. The van der Waals surface area contributed by atoms with Gasteiger partial charge in [0.1, 0.15) is 17.0 Å². The molecule has 0 aromatic carbocycles. The molecule has 0 atom stereocenters. The summed E-state index contributed by atoms with van der Waals surface area (Å²) >= 11 is 1.59. The van der Waals surface area contributed by atoms with E-state index in [1.54, 1.807) is 17.7 Å². The highest BCUT2D eigenvalue weighted by atomic mass is 32.1. The molecule has 30 heavy (non-hydrogen) atoms. The summed E-state index contributed by atoms with van der Waals surface area (Å²) < 4.78 is 6.42. The van der Waals surface area contributed by atoms with Crippen LogP contribution in [-0.4, -0.2) is 63.3 Å². The number of likely N-dealkylation sites (tertiary alicyclic amines) is 1. The van der Waals surface area contributed by atoms with E-state index in [4.69, 9.17) is 4.74 Å². The van der Waals surface area contributed by atoms with Gasteiger partial charge in [-0.1, -0.05) is 0 Å². The largest absolute Gasteiger partial charge is 0.381 e. The average Bonchev–Trinajstić information content (AvgIpc) is 3.17. The zero-order chi connectivity index (χ0) is 20.7. The third-order valence-corrected chi connectivity index (χ3v) is 7.45. The van der Waals surface area contributed by atoms with Crippen molar-refractivity contribution in [1.82, 2.24) is 25.1 Å². The van der Waals surface area contributed by atoms with Gasteiger partial charge in [0.05, 0.1) is 15.9 Å². The van der Waals surface area contributed by atoms with Crippen LogP contribution in [0.25, 0.3) is 20.4 Å². The maximum absolute atomic E-state index is 12.8. The first kappa shape index (κ1) is 19.6. The fourth-order valence-electron chi connectivity index (χ4n) is 4.43. The van der Waals surface area contributed by atoms with Crippen molar-refractivity contribution < 1.29 is 9.53 Å². The minimum absolute atomic E-state index is 0.135. The Morgan fingerprint density at radius 1 is 1.13 bits per heavy atom. The monoisotopic (exact) mass is 426 g/mol. The number of amides is 1. The Labute approximate surface area is 179 Å². The topological polar surface area (TPSA) is 93.1 Å². The van der Waals surface area contributed by atoms with E-state index in [0.717, 1.165) is 76.3 Å². The molecule has 0 spiro atoms. The second-order valence-corrected chi connectivity index (χ2v) is 9.22. The summed E-state index contributed by atoms with van der Waals surface area (Å²) in [6, 6.07) is 0.293. The molecule has 1 amide bonds. The van der Waals surface area contributed by atoms with Crippen LogP contribution in [0.4, 0.5) is 5.82 Å². The van der Waals surface area contributed by atoms with Crippen molar-refractivity contribution in [2.45, 2.75) is 45.6 Å². The SMILES string of the molecule is Cc1nnc2sc3c(NC4CCN(C(=O)C5CCOCC5)CC4)ncnc3c2c1C. The van der Waals surface area contributed by atoms with Crippen LogP contribution < -0.4 is 5.32 Å². The van der Waals surface area contributed by atoms with Crippen molar-refractivity contribution in [3.8, 4) is 0 Å². The molecule has 0 aliphatic carbocycles. The number of piperidine rings is 1. The van der Waals surface area contributed by atoms with Gasteiger partial charge < -0.3 is 15.0 Å². The summed E-state index contributed by atoms with van der Waals surface area (Å²) in [6.07, 6.45) is 5.16. The molecule has 0 bridgehead atoms. The van der Waals surface area contributed by atoms with Gasteiger partial charge in [0.25, 0.3) is 0 Å². The number of aryl methyl sites for hydroxylation is 2. The fourth-order valence-corrected chi connectivity index (χ4v) is 5.51. The number of hydrogen-bond donors (Lipinski definition) is 1. The number of anilines is 1. The molecule has 0 unspecified atom stereocenters. The van der Waals surface area contributed by atoms with Crippen molar-refractivity contribution in [3.05, 3.63) is 17.6 Å². The second kappa shape index (κ2) is 8.03. The van der Waals surface area contributed by atoms with Gasteiger partial charge in [0, 0.05) is 43.6 Å². The zero-order valence-corrected chi connectivity index (χ0v) is 18.2. The maximum Gasteiger partial charge on any atom is 0.225 e. The van der Waals surface area contributed by atoms with E-state index in [1.807, 2.05) is 11.8 Å². The second-order valence-electron chi connectivity index (χ2n) is 8.22. The van der Waals surface area contributed by atoms with E-state index in [1.165, 1.54) is 0 Å². The van der Waals surface area contributed by atoms with Crippen molar-refractivity contribution >= 4 is 43.5 Å². The van der Waals surface area contributed by atoms with E-state index in [2.05, 4.69) is 32.4 Å². The van der Waals surface area contributed by atoms with Crippen LogP contribution in [0, 0.1) is 19.8 Å². The zero-order valence-electron chi connectivity index (χ0n) is 17.3. The highest BCUT2D eigenvalue weighted by molar-refractivity contribution is 7.25. The van der Waals surface area contributed by atoms with Crippen LogP contribution in [0.15, 0.2) is 6.33 Å². The molecule has 0 radical (unpaired) electrons. The molecule has 2 fully saturated rings. The first-order valence-electron chi connectivity index (χ1n) is 10.6. The van der Waals surface area contributed by atoms with Crippen LogP contribution in [0.1, 0.15) is 36.9 Å². The summed E-state index contributed by atoms with van der Waals surface area (Å²) in [5, 5.41) is 13.3. The molecule has 0 saturated carbocycles. The number of rotatable bonds is 3. The summed E-state index contributed by atoms with van der Waals surface area (Å²) in [5.41, 5.74) is 2.99. The van der Waals surface area contributed by atoms with Gasteiger partial charge in [-0.25, -0.2) is 9.97 Å². The Hall–Kier alpha value is -2.39. The molecular weight excluding hydrogens is 400 g/mol. The average molecular weight is 427 g/mol. The van der Waals surface area contributed by atoms with Crippen LogP contribution in [0.3, 0.4) is 0 Å². The normalized spacial score (nSPS) is 18.9. The molecule has 1 N–H and O–H groups in total. The molecule has 5 heterocycles. The Morgan fingerprint density at radius 3 is 2.67 bits per heavy atom. The van der Waals surface area contributed by atoms with Crippen LogP contribution in [-0.2, 0) is 9.53 Å². The summed E-state index contributed by atoms with van der Waals surface area (Å²) in [4.78, 5) is 24.8. The number of carbonyl (C=O) groups excluding carboxylic acids is 1. The van der Waals surface area contributed by atoms with E-state index in [0.29, 0.717) is 25.2 Å². The van der Waals surface area contributed by atoms with Crippen molar-refractivity contribution in [1.29, 1.82) is 0 Å². The fraction of sp³-hybridized carbons (Fsp3) is 0.571. The van der Waals surface area contributed by atoms with Gasteiger partial charge >= 0.3 is 0 Å². The van der Waals surface area contributed by atoms with Crippen LogP contribution in [0.2, 0.25) is 0 Å². The Balaban J connectivity index is 1.31. The molecular formula is C21H26N6O2S. The van der Waals surface area contributed by atoms with Crippen molar-refractivity contribution in [3.63, 3.8) is 0 Å². The Morgan fingerprint density at radius 2 is 1.90 bits per heavy atom. The third-order valence-electron chi connectivity index (χ3n) is 6.38. The predicted octanol–water partition coefficient (Wildman–Crippen LogP) is 3.08. The van der Waals surface area contributed by atoms with Gasteiger partial charge in [-0.3, -0.25) is 4.79 Å². The predicted molar refractivity (Wildman–Crippen MR) is 117 cm³/mol. The third kappa shape index (κ3) is 3.50. The van der Waals surface area contributed by atoms with Gasteiger partial charge in [-0.15, -0.1) is 16.4 Å². The quantitative estimate of drug-likeness (QED) is 0.688. The molecule has 8 nitrogen and oxygen atoms in total. The lowest BCUT2D eigenvalue weighted by molar-refractivity contribution is -0.139. The molecule has 2 aliphatic heterocycles. The number of thiophene rings is 1. The lowest BCUT2D eigenvalue weighted by Crippen LogP contribution is -2.45. The standard InChI is InChI=1S/C21H26N6O2S/c1-12-13(2)25-26-20-16(12)17-18(30-20)19(23-11-22-17)24-15-3-7-27(8-4-15)21(28)14-5-9-29-10-6-14/h11,14-15H,3-10H2,1-2H3,(H,22,23,24). The summed E-state index contributed by atoms with van der Waals surface area (Å²) in [6.45, 7) is 7.03.